The molecule has 1 N–H and O–H groups in total. The molecule has 27 heavy (non-hydrogen) atoms. The zero-order valence-electron chi connectivity index (χ0n) is 15.8. The highest BCUT2D eigenvalue weighted by molar-refractivity contribution is 5.78. The van der Waals surface area contributed by atoms with Crippen molar-refractivity contribution in [3.63, 3.8) is 0 Å². The Hall–Kier alpha value is -2.47. The molecule has 0 spiro atoms. The molecule has 0 bridgehead atoms. The van der Waals surface area contributed by atoms with E-state index in [9.17, 15) is 4.79 Å². The number of hydrogen-bond donors (Lipinski definition) is 1. The molecule has 6 nitrogen and oxygen atoms in total. The summed E-state index contributed by atoms with van der Waals surface area (Å²) >= 11 is 0. The van der Waals surface area contributed by atoms with Crippen LogP contribution in [-0.4, -0.2) is 40.7 Å². The number of amides is 1. The van der Waals surface area contributed by atoms with Gasteiger partial charge in [0, 0.05) is 36.9 Å². The molecule has 2 aliphatic rings. The third-order valence-electron chi connectivity index (χ3n) is 5.23. The van der Waals surface area contributed by atoms with Crippen LogP contribution < -0.4 is 10.1 Å². The van der Waals surface area contributed by atoms with Crippen LogP contribution in [0.3, 0.4) is 0 Å². The van der Waals surface area contributed by atoms with Crippen molar-refractivity contribution >= 4 is 5.91 Å². The Morgan fingerprint density at radius 3 is 3.00 bits per heavy atom. The van der Waals surface area contributed by atoms with Gasteiger partial charge in [0.15, 0.2) is 0 Å². The summed E-state index contributed by atoms with van der Waals surface area (Å²) in [6.45, 7) is 5.24. The van der Waals surface area contributed by atoms with Gasteiger partial charge in [-0.2, -0.15) is 0 Å². The number of nitrogens with one attached hydrogen (secondary N) is 1. The zero-order valence-corrected chi connectivity index (χ0v) is 15.8. The Balaban J connectivity index is 1.34. The average molecular weight is 367 g/mol. The lowest BCUT2D eigenvalue weighted by Gasteiger charge is -2.34. The van der Waals surface area contributed by atoms with Gasteiger partial charge in [-0.25, -0.2) is 0 Å². The lowest BCUT2D eigenvalue weighted by molar-refractivity contribution is -0.135. The predicted octanol–water partition coefficient (Wildman–Crippen LogP) is 2.77. The fourth-order valence-electron chi connectivity index (χ4n) is 3.86. The molecule has 1 saturated heterocycles. The largest absolute Gasteiger partial charge is 0.488 e. The molecule has 1 amide bonds. The Morgan fingerprint density at radius 2 is 2.22 bits per heavy atom. The topological polar surface area (TPSA) is 73.3 Å². The Bertz CT molecular complexity index is 823. The van der Waals surface area contributed by atoms with E-state index in [0.29, 0.717) is 13.2 Å². The summed E-state index contributed by atoms with van der Waals surface area (Å²) in [5, 5.41) is 3.07. The molecule has 1 aromatic carbocycles. The van der Waals surface area contributed by atoms with E-state index in [1.54, 1.807) is 18.6 Å². The maximum absolute atomic E-state index is 12.5. The fourth-order valence-corrected chi connectivity index (χ4v) is 3.86. The molecule has 2 atom stereocenters. The summed E-state index contributed by atoms with van der Waals surface area (Å²) in [6.07, 6.45) is 7.39. The highest BCUT2D eigenvalue weighted by Gasteiger charge is 2.33. The summed E-state index contributed by atoms with van der Waals surface area (Å²) in [5.41, 5.74) is 2.79. The average Bonchev–Trinajstić information content (AvgIpc) is 3.08. The Kier molecular flexibility index (Phi) is 4.83. The molecule has 0 aliphatic carbocycles. The molecule has 2 aromatic rings. The van der Waals surface area contributed by atoms with Gasteiger partial charge in [-0.3, -0.25) is 14.8 Å². The normalized spacial score (nSPS) is 23.3. The number of rotatable bonds is 4. The van der Waals surface area contributed by atoms with Crippen LogP contribution in [-0.2, 0) is 16.0 Å². The van der Waals surface area contributed by atoms with Gasteiger partial charge in [0.05, 0.1) is 24.0 Å². The Morgan fingerprint density at radius 1 is 1.33 bits per heavy atom. The molecule has 0 unspecified atom stereocenters. The highest BCUT2D eigenvalue weighted by atomic mass is 16.5. The first kappa shape index (κ1) is 17.9. The lowest BCUT2D eigenvalue weighted by atomic mass is 9.88. The van der Waals surface area contributed by atoms with Gasteiger partial charge in [-0.05, 0) is 50.5 Å². The summed E-state index contributed by atoms with van der Waals surface area (Å²) < 4.78 is 11.7. The minimum atomic E-state index is -0.225. The van der Waals surface area contributed by atoms with Gasteiger partial charge in [0.1, 0.15) is 11.9 Å². The molecule has 0 saturated carbocycles. The SMILES string of the molecule is CC1(C)C[C@@H](C(=O)NC[C@@H]2Cc3cc(-c4cnccn4)ccc3O2)CCO1. The van der Waals surface area contributed by atoms with Gasteiger partial charge in [0.2, 0.25) is 5.91 Å². The number of carbonyl (C=O) groups is 1. The summed E-state index contributed by atoms with van der Waals surface area (Å²) in [4.78, 5) is 21.0. The van der Waals surface area contributed by atoms with Crippen molar-refractivity contribution in [1.29, 1.82) is 0 Å². The monoisotopic (exact) mass is 367 g/mol. The van der Waals surface area contributed by atoms with Gasteiger partial charge < -0.3 is 14.8 Å². The van der Waals surface area contributed by atoms with Crippen LogP contribution >= 0.6 is 0 Å². The zero-order chi connectivity index (χ0) is 18.9. The van der Waals surface area contributed by atoms with Crippen LogP contribution in [0.15, 0.2) is 36.8 Å². The van der Waals surface area contributed by atoms with E-state index in [4.69, 9.17) is 9.47 Å². The summed E-state index contributed by atoms with van der Waals surface area (Å²) in [5.74, 6) is 1.00. The second kappa shape index (κ2) is 7.27. The molecule has 1 fully saturated rings. The summed E-state index contributed by atoms with van der Waals surface area (Å²) in [7, 11) is 0. The maximum Gasteiger partial charge on any atom is 0.223 e. The first-order chi connectivity index (χ1) is 13.0. The van der Waals surface area contributed by atoms with E-state index in [-0.39, 0.29) is 23.5 Å². The van der Waals surface area contributed by atoms with Crippen molar-refractivity contribution in [2.45, 2.75) is 44.8 Å². The molecular formula is C21H25N3O3. The molecule has 0 radical (unpaired) electrons. The van der Waals surface area contributed by atoms with Crippen molar-refractivity contribution in [3.05, 3.63) is 42.4 Å². The second-order valence-electron chi connectivity index (χ2n) is 7.90. The van der Waals surface area contributed by atoms with Crippen molar-refractivity contribution in [2.75, 3.05) is 13.2 Å². The molecular weight excluding hydrogens is 342 g/mol. The van der Waals surface area contributed by atoms with Crippen molar-refractivity contribution in [2.24, 2.45) is 5.92 Å². The van der Waals surface area contributed by atoms with Gasteiger partial charge in [-0.15, -0.1) is 0 Å². The van der Waals surface area contributed by atoms with Crippen molar-refractivity contribution < 1.29 is 14.3 Å². The number of benzene rings is 1. The van der Waals surface area contributed by atoms with E-state index >= 15 is 0 Å². The van der Waals surface area contributed by atoms with Crippen LogP contribution in [0.25, 0.3) is 11.3 Å². The number of hydrogen-bond acceptors (Lipinski definition) is 5. The van der Waals surface area contributed by atoms with E-state index in [1.807, 2.05) is 26.0 Å². The fraction of sp³-hybridized carbons (Fsp3) is 0.476. The van der Waals surface area contributed by atoms with E-state index < -0.39 is 0 Å². The molecule has 142 valence electrons. The lowest BCUT2D eigenvalue weighted by Crippen LogP contribution is -2.43. The first-order valence-corrected chi connectivity index (χ1v) is 9.48. The van der Waals surface area contributed by atoms with Crippen LogP contribution in [0.1, 0.15) is 32.3 Å². The number of carbonyl (C=O) groups excluding carboxylic acids is 1. The van der Waals surface area contributed by atoms with Crippen LogP contribution in [0, 0.1) is 5.92 Å². The number of fused-ring (bicyclic) bond motifs is 1. The molecule has 2 aliphatic heterocycles. The molecule has 1 aromatic heterocycles. The van der Waals surface area contributed by atoms with Crippen molar-refractivity contribution in [1.82, 2.24) is 15.3 Å². The molecule has 4 rings (SSSR count). The quantitative estimate of drug-likeness (QED) is 0.900. The second-order valence-corrected chi connectivity index (χ2v) is 7.90. The van der Waals surface area contributed by atoms with Crippen molar-refractivity contribution in [3.8, 4) is 17.0 Å². The number of aromatic nitrogens is 2. The molecule has 6 heteroatoms. The predicted molar refractivity (Wildman–Crippen MR) is 101 cm³/mol. The first-order valence-electron chi connectivity index (χ1n) is 9.48. The van der Waals surface area contributed by atoms with E-state index in [2.05, 4.69) is 21.4 Å². The third kappa shape index (κ3) is 4.11. The minimum Gasteiger partial charge on any atom is -0.488 e. The number of ether oxygens (including phenoxy) is 2. The standard InChI is InChI=1S/C21H25N3O3/c1-21(2)11-15(5-8-26-21)20(25)24-12-17-10-16-9-14(3-4-19(16)27-17)18-13-22-6-7-23-18/h3-4,6-7,9,13,15,17H,5,8,10-12H2,1-2H3,(H,24,25)/t15-,17-/m0/s1. The van der Waals surface area contributed by atoms with E-state index in [0.717, 1.165) is 41.8 Å². The van der Waals surface area contributed by atoms with Crippen LogP contribution in [0.2, 0.25) is 0 Å². The van der Waals surface area contributed by atoms with Gasteiger partial charge in [0.25, 0.3) is 0 Å². The third-order valence-corrected chi connectivity index (χ3v) is 5.23. The van der Waals surface area contributed by atoms with E-state index in [1.165, 1.54) is 0 Å². The molecule has 3 heterocycles. The Labute approximate surface area is 159 Å². The van der Waals surface area contributed by atoms with Crippen LogP contribution in [0.4, 0.5) is 0 Å². The van der Waals surface area contributed by atoms with Crippen LogP contribution in [0.5, 0.6) is 5.75 Å². The maximum atomic E-state index is 12.5. The minimum absolute atomic E-state index is 0.0146. The summed E-state index contributed by atoms with van der Waals surface area (Å²) in [6, 6.07) is 6.07. The van der Waals surface area contributed by atoms with Gasteiger partial charge >= 0.3 is 0 Å². The van der Waals surface area contributed by atoms with Gasteiger partial charge in [-0.1, -0.05) is 0 Å². The number of nitrogens with zero attached hydrogens (tertiary/aromatic N) is 2. The highest BCUT2D eigenvalue weighted by Crippen LogP contribution is 2.32. The smallest absolute Gasteiger partial charge is 0.223 e.